The molecule has 0 atom stereocenters. The molecule has 0 radical (unpaired) electrons. The van der Waals surface area contributed by atoms with Crippen LogP contribution >= 0.6 is 0 Å². The van der Waals surface area contributed by atoms with Crippen molar-refractivity contribution >= 4 is 17.3 Å². The smallest absolute Gasteiger partial charge is 0.357 e. The molecule has 0 aliphatic rings. The standard InChI is InChI=1S/C16H12N6O4/c1-26-16(23)15-14(18)10(6-17)8-20(15)12-4-2-3-5-13(12)21-9-11(7-19-21)22(24)25/h2-5,7-9H,18H2,1H3. The summed E-state index contributed by atoms with van der Waals surface area (Å²) in [5.41, 5.74) is 6.69. The normalized spacial score (nSPS) is 10.3. The lowest BCUT2D eigenvalue weighted by atomic mass is 10.2. The van der Waals surface area contributed by atoms with Crippen molar-refractivity contribution in [3.8, 4) is 17.4 Å². The van der Waals surface area contributed by atoms with Crippen molar-refractivity contribution in [2.45, 2.75) is 0 Å². The van der Waals surface area contributed by atoms with E-state index in [4.69, 9.17) is 10.5 Å². The highest BCUT2D eigenvalue weighted by Crippen LogP contribution is 2.28. The number of rotatable bonds is 4. The van der Waals surface area contributed by atoms with Gasteiger partial charge in [0.1, 0.15) is 18.5 Å². The summed E-state index contributed by atoms with van der Waals surface area (Å²) < 4.78 is 7.46. The molecular weight excluding hydrogens is 340 g/mol. The van der Waals surface area contributed by atoms with Crippen molar-refractivity contribution in [2.24, 2.45) is 0 Å². The first-order valence-corrected chi connectivity index (χ1v) is 7.26. The van der Waals surface area contributed by atoms with Crippen LogP contribution in [-0.4, -0.2) is 32.3 Å². The molecular formula is C16H12N6O4. The van der Waals surface area contributed by atoms with Crippen LogP contribution in [0.2, 0.25) is 0 Å². The van der Waals surface area contributed by atoms with Gasteiger partial charge in [0.05, 0.1) is 34.7 Å². The van der Waals surface area contributed by atoms with Gasteiger partial charge in [0.15, 0.2) is 5.69 Å². The molecule has 3 aromatic rings. The molecule has 0 spiro atoms. The highest BCUT2D eigenvalue weighted by molar-refractivity contribution is 5.96. The van der Waals surface area contributed by atoms with Crippen LogP contribution in [0.15, 0.2) is 42.9 Å². The lowest BCUT2D eigenvalue weighted by Crippen LogP contribution is -2.12. The molecule has 2 heterocycles. The van der Waals surface area contributed by atoms with Crippen LogP contribution < -0.4 is 5.73 Å². The monoisotopic (exact) mass is 352 g/mol. The molecule has 3 rings (SSSR count). The quantitative estimate of drug-likeness (QED) is 0.428. The van der Waals surface area contributed by atoms with Crippen LogP contribution in [0.1, 0.15) is 16.1 Å². The fourth-order valence-electron chi connectivity index (χ4n) is 2.51. The fraction of sp³-hybridized carbons (Fsp3) is 0.0625. The maximum Gasteiger partial charge on any atom is 0.357 e. The fourth-order valence-corrected chi connectivity index (χ4v) is 2.51. The van der Waals surface area contributed by atoms with E-state index in [-0.39, 0.29) is 22.6 Å². The largest absolute Gasteiger partial charge is 0.464 e. The number of nitrogens with two attached hydrogens (primary N) is 1. The second-order valence-corrected chi connectivity index (χ2v) is 5.17. The lowest BCUT2D eigenvalue weighted by Gasteiger charge is -2.13. The first-order valence-electron chi connectivity index (χ1n) is 7.26. The van der Waals surface area contributed by atoms with E-state index in [2.05, 4.69) is 5.10 Å². The van der Waals surface area contributed by atoms with Gasteiger partial charge in [0.25, 0.3) is 0 Å². The number of hydrogen-bond acceptors (Lipinski definition) is 7. The van der Waals surface area contributed by atoms with E-state index in [0.29, 0.717) is 11.4 Å². The molecule has 0 aliphatic heterocycles. The molecule has 0 bridgehead atoms. The molecule has 10 heteroatoms. The van der Waals surface area contributed by atoms with E-state index in [0.717, 1.165) is 6.20 Å². The van der Waals surface area contributed by atoms with Crippen LogP contribution in [0.5, 0.6) is 0 Å². The third kappa shape index (κ3) is 2.63. The van der Waals surface area contributed by atoms with Crippen molar-refractivity contribution < 1.29 is 14.5 Å². The van der Waals surface area contributed by atoms with Crippen LogP contribution in [0.3, 0.4) is 0 Å². The van der Waals surface area contributed by atoms with Crippen LogP contribution in [0, 0.1) is 21.4 Å². The minimum absolute atomic E-state index is 0.0133. The molecule has 0 aliphatic carbocycles. The Bertz CT molecular complexity index is 1060. The minimum atomic E-state index is -0.717. The first-order chi connectivity index (χ1) is 12.5. The molecule has 0 unspecified atom stereocenters. The summed E-state index contributed by atoms with van der Waals surface area (Å²) in [6, 6.07) is 8.66. The molecule has 0 fully saturated rings. The molecule has 26 heavy (non-hydrogen) atoms. The zero-order valence-electron chi connectivity index (χ0n) is 13.5. The summed E-state index contributed by atoms with van der Waals surface area (Å²) >= 11 is 0. The van der Waals surface area contributed by atoms with Crippen LogP contribution in [-0.2, 0) is 4.74 Å². The van der Waals surface area contributed by atoms with Crippen molar-refractivity contribution in [1.29, 1.82) is 5.26 Å². The van der Waals surface area contributed by atoms with Gasteiger partial charge in [-0.2, -0.15) is 10.4 Å². The predicted octanol–water partition coefficient (Wildman–Crippen LogP) is 1.81. The van der Waals surface area contributed by atoms with E-state index < -0.39 is 10.9 Å². The van der Waals surface area contributed by atoms with Crippen molar-refractivity contribution in [1.82, 2.24) is 14.3 Å². The number of carbonyl (C=O) groups is 1. The van der Waals surface area contributed by atoms with Crippen LogP contribution in [0.25, 0.3) is 11.4 Å². The van der Waals surface area contributed by atoms with Gasteiger partial charge < -0.3 is 15.0 Å². The van der Waals surface area contributed by atoms with Gasteiger partial charge in [0, 0.05) is 6.20 Å². The zero-order valence-corrected chi connectivity index (χ0v) is 13.5. The van der Waals surface area contributed by atoms with E-state index in [1.165, 1.54) is 28.8 Å². The summed E-state index contributed by atoms with van der Waals surface area (Å²) in [5, 5.41) is 24.1. The Morgan fingerprint density at radius 2 is 2.04 bits per heavy atom. The Morgan fingerprint density at radius 3 is 2.62 bits per heavy atom. The number of nitrogen functional groups attached to an aromatic ring is 1. The molecule has 130 valence electrons. The summed E-state index contributed by atoms with van der Waals surface area (Å²) in [4.78, 5) is 22.5. The topological polar surface area (TPSA) is 142 Å². The van der Waals surface area contributed by atoms with Gasteiger partial charge in [-0.1, -0.05) is 12.1 Å². The Labute approximate surface area is 146 Å². The average molecular weight is 352 g/mol. The summed E-state index contributed by atoms with van der Waals surface area (Å²) in [7, 11) is 1.20. The second kappa shape index (κ2) is 6.40. The van der Waals surface area contributed by atoms with Gasteiger partial charge in [-0.3, -0.25) is 10.1 Å². The van der Waals surface area contributed by atoms with Gasteiger partial charge in [-0.15, -0.1) is 0 Å². The number of methoxy groups -OCH3 is 1. The van der Waals surface area contributed by atoms with E-state index in [1.807, 2.05) is 6.07 Å². The van der Waals surface area contributed by atoms with Gasteiger partial charge in [-0.05, 0) is 12.1 Å². The van der Waals surface area contributed by atoms with E-state index >= 15 is 0 Å². The molecule has 2 N–H and O–H groups in total. The summed E-state index contributed by atoms with van der Waals surface area (Å²) in [6.07, 6.45) is 3.76. The SMILES string of the molecule is COC(=O)c1c(N)c(C#N)cn1-c1ccccc1-n1cc([N+](=O)[O-])cn1. The predicted molar refractivity (Wildman–Crippen MR) is 90.0 cm³/mol. The number of para-hydroxylation sites is 2. The third-order valence-electron chi connectivity index (χ3n) is 3.71. The maximum absolute atomic E-state index is 12.2. The third-order valence-corrected chi connectivity index (χ3v) is 3.71. The van der Waals surface area contributed by atoms with E-state index in [9.17, 15) is 20.2 Å². The highest BCUT2D eigenvalue weighted by Gasteiger charge is 2.23. The van der Waals surface area contributed by atoms with Crippen molar-refractivity contribution in [3.05, 3.63) is 64.2 Å². The van der Waals surface area contributed by atoms with Gasteiger partial charge in [-0.25, -0.2) is 9.48 Å². The summed E-state index contributed by atoms with van der Waals surface area (Å²) in [6.45, 7) is 0. The molecule has 0 saturated heterocycles. The number of nitro groups is 1. The lowest BCUT2D eigenvalue weighted by molar-refractivity contribution is -0.384. The van der Waals surface area contributed by atoms with Gasteiger partial charge in [0.2, 0.25) is 0 Å². The molecule has 1 aromatic carbocycles. The number of nitriles is 1. The molecule has 2 aromatic heterocycles. The first kappa shape index (κ1) is 16.7. The molecule has 0 amide bonds. The number of hydrogen-bond donors (Lipinski definition) is 1. The number of aromatic nitrogens is 3. The number of carbonyl (C=O) groups excluding carboxylic acids is 1. The Morgan fingerprint density at radius 1 is 1.35 bits per heavy atom. The van der Waals surface area contributed by atoms with E-state index in [1.54, 1.807) is 24.3 Å². The van der Waals surface area contributed by atoms with Crippen LogP contribution in [0.4, 0.5) is 11.4 Å². The van der Waals surface area contributed by atoms with Gasteiger partial charge >= 0.3 is 11.7 Å². The summed E-state index contributed by atoms with van der Waals surface area (Å²) in [5.74, 6) is -0.717. The Hall–Kier alpha value is -4.13. The number of anilines is 1. The number of ether oxygens (including phenoxy) is 1. The highest BCUT2D eigenvalue weighted by atomic mass is 16.6. The second-order valence-electron chi connectivity index (χ2n) is 5.17. The molecule has 0 saturated carbocycles. The average Bonchev–Trinajstić information content (AvgIpc) is 3.26. The van der Waals surface area contributed by atoms with Crippen molar-refractivity contribution in [3.63, 3.8) is 0 Å². The number of nitrogens with zero attached hydrogens (tertiary/aromatic N) is 5. The molecule has 10 nitrogen and oxygen atoms in total. The minimum Gasteiger partial charge on any atom is -0.464 e. The van der Waals surface area contributed by atoms with Crippen molar-refractivity contribution in [2.75, 3.05) is 12.8 Å². The maximum atomic E-state index is 12.2. The Balaban J connectivity index is 2.25. The number of benzene rings is 1. The number of esters is 1. The Kier molecular flexibility index (Phi) is 4.12. The zero-order chi connectivity index (χ0) is 18.8.